The molecule has 0 spiro atoms. The molecule has 2 fully saturated rings. The van der Waals surface area contributed by atoms with Crippen molar-refractivity contribution in [2.75, 3.05) is 43.0 Å². The van der Waals surface area contributed by atoms with Crippen molar-refractivity contribution in [3.8, 4) is 11.1 Å². The molecule has 2 N–H and O–H groups in total. The largest absolute Gasteiger partial charge is 0.358 e. The molecule has 0 radical (unpaired) electrons. The van der Waals surface area contributed by atoms with E-state index in [-0.39, 0.29) is 30.1 Å². The second-order valence-corrected chi connectivity index (χ2v) is 17.8. The molecule has 236 valence electrons. The average Bonchev–Trinajstić information content (AvgIpc) is 3.92. The summed E-state index contributed by atoms with van der Waals surface area (Å²) < 4.78 is 7.83. The number of nitrogens with one attached hydrogen (secondary N) is 2. The van der Waals surface area contributed by atoms with Gasteiger partial charge in [-0.25, -0.2) is 14.7 Å². The zero-order valence-corrected chi connectivity index (χ0v) is 27.4. The number of ketones is 1. The SMILES string of the molecule is Cc1nn(COCCS(C)(C)C)c(C)c1-c1ccc(NC(=O)C(C(=O)NCC(=O)c2ccccc2)C(C2CC2)C2CC2)cc1. The minimum absolute atomic E-state index is 0.00395. The second-order valence-electron chi connectivity index (χ2n) is 13.2. The van der Waals surface area contributed by atoms with E-state index in [1.54, 1.807) is 24.3 Å². The molecule has 2 amide bonds. The monoisotopic (exact) mass is 618 g/mol. The minimum Gasteiger partial charge on any atom is -0.358 e. The third-order valence-electron chi connectivity index (χ3n) is 8.68. The number of carbonyl (C=O) groups is 3. The van der Waals surface area contributed by atoms with Gasteiger partial charge in [-0.15, -0.1) is 0 Å². The van der Waals surface area contributed by atoms with Crippen molar-refractivity contribution in [3.05, 3.63) is 71.5 Å². The Labute approximate surface area is 262 Å². The van der Waals surface area contributed by atoms with Crippen LogP contribution in [0.4, 0.5) is 5.69 Å². The fourth-order valence-electron chi connectivity index (χ4n) is 6.00. The summed E-state index contributed by atoms with van der Waals surface area (Å²) in [6.07, 6.45) is 11.0. The third-order valence-corrected chi connectivity index (χ3v) is 10.1. The van der Waals surface area contributed by atoms with Gasteiger partial charge >= 0.3 is 0 Å². The number of hydrogen-bond acceptors (Lipinski definition) is 5. The number of hydrogen-bond donors (Lipinski definition) is 2. The predicted molar refractivity (Wildman–Crippen MR) is 178 cm³/mol. The van der Waals surface area contributed by atoms with Crippen LogP contribution in [0.2, 0.25) is 0 Å². The van der Waals surface area contributed by atoms with E-state index in [1.165, 1.54) is 0 Å². The molecule has 2 aromatic carbocycles. The van der Waals surface area contributed by atoms with E-state index >= 15 is 0 Å². The zero-order valence-electron chi connectivity index (χ0n) is 26.6. The van der Waals surface area contributed by atoms with E-state index in [4.69, 9.17) is 9.84 Å². The molecule has 0 bridgehead atoms. The van der Waals surface area contributed by atoms with Gasteiger partial charge in [-0.3, -0.25) is 14.4 Å². The lowest BCUT2D eigenvalue weighted by atomic mass is 9.82. The smallest absolute Gasteiger partial charge is 0.237 e. The summed E-state index contributed by atoms with van der Waals surface area (Å²) in [6, 6.07) is 16.6. The second kappa shape index (κ2) is 13.7. The molecule has 5 rings (SSSR count). The van der Waals surface area contributed by atoms with Gasteiger partial charge in [0.25, 0.3) is 0 Å². The van der Waals surface area contributed by atoms with Crippen LogP contribution in [0.15, 0.2) is 54.6 Å². The lowest BCUT2D eigenvalue weighted by Crippen LogP contribution is -2.45. The van der Waals surface area contributed by atoms with Gasteiger partial charge in [0.05, 0.1) is 18.8 Å². The van der Waals surface area contributed by atoms with Gasteiger partial charge in [-0.1, -0.05) is 42.5 Å². The number of carbonyl (C=O) groups excluding carboxylic acids is 3. The Balaban J connectivity index is 1.25. The quantitative estimate of drug-likeness (QED) is 0.127. The summed E-state index contributed by atoms with van der Waals surface area (Å²) in [5, 5.41) is 10.5. The molecule has 2 aliphatic rings. The molecule has 2 saturated carbocycles. The van der Waals surface area contributed by atoms with Crippen LogP contribution in [0.5, 0.6) is 0 Å². The molecular formula is C35H46N4O4S. The van der Waals surface area contributed by atoms with Crippen molar-refractivity contribution < 1.29 is 19.1 Å². The van der Waals surface area contributed by atoms with Crippen LogP contribution in [0.25, 0.3) is 11.1 Å². The molecule has 0 aliphatic heterocycles. The highest BCUT2D eigenvalue weighted by atomic mass is 32.3. The number of benzene rings is 2. The molecule has 2 aliphatic carbocycles. The normalized spacial score (nSPS) is 16.0. The maximum Gasteiger partial charge on any atom is 0.237 e. The van der Waals surface area contributed by atoms with Gasteiger partial charge in [-0.2, -0.15) is 5.10 Å². The first kappa shape index (κ1) is 32.0. The molecule has 8 nitrogen and oxygen atoms in total. The third kappa shape index (κ3) is 8.18. The van der Waals surface area contributed by atoms with Crippen LogP contribution in [0.3, 0.4) is 0 Å². The number of rotatable bonds is 15. The van der Waals surface area contributed by atoms with Crippen molar-refractivity contribution in [2.45, 2.75) is 46.3 Å². The zero-order chi connectivity index (χ0) is 31.4. The van der Waals surface area contributed by atoms with Crippen molar-refractivity contribution >= 4 is 33.3 Å². The fraction of sp³-hybridized carbons (Fsp3) is 0.486. The molecular weight excluding hydrogens is 572 g/mol. The number of ether oxygens (including phenoxy) is 1. The number of Topliss-reactive ketones (excluding diaryl/α,β-unsaturated/α-hetero) is 1. The van der Waals surface area contributed by atoms with Crippen LogP contribution in [-0.2, 0) is 21.1 Å². The predicted octanol–water partition coefficient (Wildman–Crippen LogP) is 5.83. The van der Waals surface area contributed by atoms with Crippen LogP contribution < -0.4 is 10.6 Å². The molecule has 1 unspecified atom stereocenters. The standard InChI is InChI=1S/C35H46N4O4S/c1-23-31(24(2)39(38-23)22-43-19-20-44(3,4)5)26-15-17-29(18-16-26)37-35(42)33(32(27-11-12-27)28-13-14-28)34(41)36-21-30(40)25-9-7-6-8-10-25/h6-10,15-18,27-28,32-33H,11-14,19-22H2,1-5H3,(H,36,41)(H,37,42). The first-order valence-electron chi connectivity index (χ1n) is 15.6. The summed E-state index contributed by atoms with van der Waals surface area (Å²) in [5.41, 5.74) is 5.18. The Morgan fingerprint density at radius 3 is 2.16 bits per heavy atom. The highest BCUT2D eigenvalue weighted by molar-refractivity contribution is 8.32. The molecule has 0 saturated heterocycles. The van der Waals surface area contributed by atoms with E-state index in [2.05, 4.69) is 29.4 Å². The molecule has 1 aromatic heterocycles. The van der Waals surface area contributed by atoms with Crippen molar-refractivity contribution in [1.82, 2.24) is 15.1 Å². The van der Waals surface area contributed by atoms with Gasteiger partial charge in [0.1, 0.15) is 12.6 Å². The lowest BCUT2D eigenvalue weighted by Gasteiger charge is -2.26. The molecule has 1 atom stereocenters. The van der Waals surface area contributed by atoms with Gasteiger partial charge in [0, 0.05) is 28.3 Å². The number of aryl methyl sites for hydroxylation is 1. The van der Waals surface area contributed by atoms with Crippen LogP contribution >= 0.6 is 10.0 Å². The summed E-state index contributed by atoms with van der Waals surface area (Å²) in [5.74, 6) is 0.162. The highest BCUT2D eigenvalue weighted by Gasteiger charge is 2.50. The highest BCUT2D eigenvalue weighted by Crippen LogP contribution is 2.52. The van der Waals surface area contributed by atoms with Crippen LogP contribution in [0, 0.1) is 37.5 Å². The molecule has 44 heavy (non-hydrogen) atoms. The van der Waals surface area contributed by atoms with Crippen LogP contribution in [0.1, 0.15) is 47.4 Å². The summed E-state index contributed by atoms with van der Waals surface area (Å²) in [7, 11) is -0.603. The number of anilines is 1. The number of amides is 2. The topological polar surface area (TPSA) is 102 Å². The Bertz CT molecular complexity index is 1460. The van der Waals surface area contributed by atoms with Crippen molar-refractivity contribution in [3.63, 3.8) is 0 Å². The number of aromatic nitrogens is 2. The Kier molecular flexibility index (Phi) is 9.95. The van der Waals surface area contributed by atoms with E-state index in [9.17, 15) is 14.4 Å². The maximum atomic E-state index is 13.7. The van der Waals surface area contributed by atoms with E-state index in [0.717, 1.165) is 54.0 Å². The van der Waals surface area contributed by atoms with Gasteiger partial charge < -0.3 is 15.4 Å². The maximum absolute atomic E-state index is 13.7. The molecule has 1 heterocycles. The average molecular weight is 619 g/mol. The lowest BCUT2D eigenvalue weighted by molar-refractivity contribution is -0.135. The number of nitrogens with zero attached hydrogens (tertiary/aromatic N) is 2. The summed E-state index contributed by atoms with van der Waals surface area (Å²) in [6.45, 7) is 5.05. The first-order valence-corrected chi connectivity index (χ1v) is 18.6. The van der Waals surface area contributed by atoms with E-state index in [1.807, 2.05) is 48.9 Å². The van der Waals surface area contributed by atoms with E-state index in [0.29, 0.717) is 36.4 Å². The Hall–Kier alpha value is -3.43. The van der Waals surface area contributed by atoms with E-state index < -0.39 is 15.9 Å². The molecule has 9 heteroatoms. The van der Waals surface area contributed by atoms with Crippen molar-refractivity contribution in [1.29, 1.82) is 0 Å². The fourth-order valence-corrected chi connectivity index (χ4v) is 6.62. The Morgan fingerprint density at radius 2 is 1.57 bits per heavy atom. The molecule has 3 aromatic rings. The van der Waals surface area contributed by atoms with Gasteiger partial charge in [-0.05, 0) is 93.7 Å². The Morgan fingerprint density at radius 1 is 0.932 bits per heavy atom. The van der Waals surface area contributed by atoms with Crippen LogP contribution in [-0.4, -0.2) is 65.0 Å². The van der Waals surface area contributed by atoms with Gasteiger partial charge in [0.15, 0.2) is 5.78 Å². The first-order chi connectivity index (χ1) is 21.0. The summed E-state index contributed by atoms with van der Waals surface area (Å²) in [4.78, 5) is 39.9. The minimum atomic E-state index is -0.833. The summed E-state index contributed by atoms with van der Waals surface area (Å²) >= 11 is 0. The van der Waals surface area contributed by atoms with Crippen molar-refractivity contribution in [2.24, 2.45) is 23.7 Å². The van der Waals surface area contributed by atoms with Gasteiger partial charge in [0.2, 0.25) is 11.8 Å².